The van der Waals surface area contributed by atoms with Gasteiger partial charge in [0.15, 0.2) is 21.7 Å². The molecule has 13 nitrogen and oxygen atoms in total. The van der Waals surface area contributed by atoms with Gasteiger partial charge in [0.1, 0.15) is 17.0 Å². The predicted octanol–water partition coefficient (Wildman–Crippen LogP) is 28.1. The normalized spacial score (nSPS) is 12.8. The van der Waals surface area contributed by atoms with Gasteiger partial charge in [0.25, 0.3) is 0 Å². The number of rotatable bonds is 10. The third-order valence-electron chi connectivity index (χ3n) is 17.8. The van der Waals surface area contributed by atoms with Gasteiger partial charge >= 0.3 is 12.6 Å². The number of nitrogens with zero attached hydrogens (tertiary/aromatic N) is 5. The molecule has 2 aliphatic heterocycles. The molecule has 0 saturated carbocycles. The molecular weight excluding hydrogens is 1910 g/mol. The lowest BCUT2D eigenvalue weighted by molar-refractivity contribution is -0.669. The van der Waals surface area contributed by atoms with Gasteiger partial charge in [-0.2, -0.15) is 17.7 Å². The molecule has 0 aliphatic carbocycles. The van der Waals surface area contributed by atoms with E-state index in [0.717, 1.165) is 114 Å². The molecule has 622 valence electrons. The van der Waals surface area contributed by atoms with E-state index in [2.05, 4.69) is 132 Å². The van der Waals surface area contributed by atoms with E-state index in [1.165, 1.54) is 72.1 Å². The summed E-state index contributed by atoms with van der Waals surface area (Å²) >= 11 is 73.3. The van der Waals surface area contributed by atoms with E-state index in [-0.39, 0.29) is 22.8 Å². The highest BCUT2D eigenvalue weighted by Gasteiger charge is 2.37. The van der Waals surface area contributed by atoms with Crippen LogP contribution in [0.1, 0.15) is 71.9 Å². The van der Waals surface area contributed by atoms with Crippen LogP contribution in [-0.4, -0.2) is 75.4 Å². The van der Waals surface area contributed by atoms with Crippen molar-refractivity contribution in [3.8, 4) is 50.3 Å². The van der Waals surface area contributed by atoms with Crippen LogP contribution in [0.4, 0.5) is 24.5 Å². The van der Waals surface area contributed by atoms with Crippen LogP contribution in [0.5, 0.6) is 5.75 Å². The lowest BCUT2D eigenvalue weighted by Gasteiger charge is -2.23. The smallest absolute Gasteiger partial charge is 0.490 e. The zero-order valence-electron chi connectivity index (χ0n) is 65.1. The quantitative estimate of drug-likeness (QED) is 0.0386. The number of anilines is 2. The summed E-state index contributed by atoms with van der Waals surface area (Å²) < 4.78 is 66.1. The SMILES string of the molecule is CCN1/C(=C/C(C)=O)Sc2ccc(C)c(-c3cc(Cl)ccc3Cl)c21.CCN1/C(=C/C(C)=O)Sc2ccc(O)c(-c3cc(Cl)ccc3Cl)c21.CC[n+]1c(C)sc2ccc(C)c(-c3cc(Cl)ccc3Cl)c21.Cc1nc2c(-c3cc(Cl)ccc3Cl)c(C)ccc2s1.Cc1nc2c(Br)c(C)ccc2s1.O=S(=O)([O-])C(F)(F)F.OB(O)c1cc(Cl)ccc1Cl. The Morgan fingerprint density at radius 2 is 0.866 bits per heavy atom. The molecule has 0 amide bonds. The highest BCUT2D eigenvalue weighted by atomic mass is 79.9. The summed E-state index contributed by atoms with van der Waals surface area (Å²) in [6, 6.07) is 46.8. The molecule has 3 aromatic heterocycles. The van der Waals surface area contributed by atoms with Gasteiger partial charge in [0.05, 0.1) is 57.4 Å². The zero-order valence-corrected chi connectivity index (χ0v) is 79.2. The maximum atomic E-state index is 11.6. The molecule has 0 unspecified atom stereocenters. The van der Waals surface area contributed by atoms with Gasteiger partial charge in [0.2, 0.25) is 10.5 Å². The molecule has 0 atom stereocenters. The van der Waals surface area contributed by atoms with Gasteiger partial charge in [-0.25, -0.2) is 18.4 Å². The van der Waals surface area contributed by atoms with Crippen molar-refractivity contribution in [2.45, 2.75) is 105 Å². The van der Waals surface area contributed by atoms with E-state index in [0.29, 0.717) is 62.9 Å². The van der Waals surface area contributed by atoms with Crippen molar-refractivity contribution in [3.63, 3.8) is 0 Å². The first kappa shape index (κ1) is 96.7. The number of alkyl halides is 3. The van der Waals surface area contributed by atoms with Crippen LogP contribution < -0.4 is 19.8 Å². The van der Waals surface area contributed by atoms with Crippen LogP contribution in [0, 0.1) is 48.5 Å². The molecular formula is C85H72BBrCl10F3N5O8S6. The van der Waals surface area contributed by atoms with Crippen molar-refractivity contribution in [2.75, 3.05) is 22.9 Å². The first-order valence-electron chi connectivity index (χ1n) is 35.8. The first-order valence-corrected chi connectivity index (χ1v) is 45.8. The molecule has 2 aliphatic rings. The Morgan fingerprint density at radius 1 is 0.504 bits per heavy atom. The molecule has 3 N–H and O–H groups in total. The Hall–Kier alpha value is -6.15. The van der Waals surface area contributed by atoms with E-state index in [4.69, 9.17) is 139 Å². The standard InChI is InChI=1S/C19H17Cl2NOS.C18H15Cl2NO2S.C17H16Cl2NS.C15H11Cl2NS.C9H8BrNS.C6H5BCl2O2.CHF3O3S/c1-4-22-17(9-12(3)23)24-16-8-5-11(2)18(19(16)22)14-10-13(20)6-7-15(14)21;1-3-21-16(8-10(2)22)24-15-7-6-14(23)17(18(15)21)12-9-11(19)4-5-13(12)20;1-4-20-11(3)21-15-8-5-10(2)16(17(15)20)13-9-12(18)6-7-14(13)19;1-8-3-6-13-15(18-9(2)19-13)14(8)11-7-10(16)4-5-12(11)17;1-5-3-4-7-9(8(5)10)11-6(2)12-7;8-4-1-2-6(9)5(3-4)7(10)11;2-1(3,4)8(5,6)7/h5-10H,4H2,1-3H3;4-9,23H,3H2,1-2H3;5-9H,4H2,1-3H3;3-7H,1-2H3;3-4H,1-2H3;1-3,10-11H;(H,5,6,7)/q;;+1;;;;/p-1/b17-9-;16-8-;;;;;. The predicted molar refractivity (Wildman–Crippen MR) is 501 cm³/mol. The molecule has 0 fully saturated rings. The van der Waals surface area contributed by atoms with Crippen molar-refractivity contribution in [2.24, 2.45) is 0 Å². The molecule has 5 heterocycles. The largest absolute Gasteiger partial charge is 0.741 e. The van der Waals surface area contributed by atoms with Gasteiger partial charge < -0.3 is 29.5 Å². The Balaban J connectivity index is 0.000000162. The molecule has 34 heteroatoms. The minimum atomic E-state index is -6.09. The van der Waals surface area contributed by atoms with E-state index in [9.17, 15) is 27.9 Å². The van der Waals surface area contributed by atoms with Crippen LogP contribution in [0.3, 0.4) is 0 Å². The number of carbonyl (C=O) groups excluding carboxylic acids is 2. The number of thiazole rings is 3. The molecule has 0 radical (unpaired) electrons. The second-order valence-corrected chi connectivity index (χ2v) is 38.5. The third-order valence-corrected chi connectivity index (χ3v) is 27.4. The summed E-state index contributed by atoms with van der Waals surface area (Å²) in [5.41, 5.74) is 12.1. The molecule has 10 aromatic carbocycles. The van der Waals surface area contributed by atoms with Gasteiger partial charge in [-0.3, -0.25) is 9.59 Å². The fraction of sp³-hybridized carbons (Fsp3) is 0.188. The first-order chi connectivity index (χ1) is 56.0. The van der Waals surface area contributed by atoms with Gasteiger partial charge in [-0.15, -0.1) is 22.7 Å². The van der Waals surface area contributed by atoms with Gasteiger partial charge in [0, 0.05) is 141 Å². The van der Waals surface area contributed by atoms with Crippen molar-refractivity contribution in [1.82, 2.24) is 9.97 Å². The van der Waals surface area contributed by atoms with Crippen molar-refractivity contribution in [3.05, 3.63) is 266 Å². The summed E-state index contributed by atoms with van der Waals surface area (Å²) in [6.07, 6.45) is 3.29. The number of thioether (sulfide) groups is 2. The molecule has 0 spiro atoms. The number of phenols is 1. The summed E-state index contributed by atoms with van der Waals surface area (Å²) in [7, 11) is -7.66. The number of aromatic hydroxyl groups is 1. The van der Waals surface area contributed by atoms with E-state index < -0.39 is 22.7 Å². The van der Waals surface area contributed by atoms with Crippen molar-refractivity contribution < 1.29 is 55.5 Å². The molecule has 0 bridgehead atoms. The van der Waals surface area contributed by atoms with E-state index in [1.54, 1.807) is 96.0 Å². The maximum Gasteiger partial charge on any atom is 0.490 e. The van der Waals surface area contributed by atoms with Crippen LogP contribution in [0.15, 0.2) is 188 Å². The number of allylic oxidation sites excluding steroid dienone is 2. The molecule has 0 saturated heterocycles. The fourth-order valence-electron chi connectivity index (χ4n) is 12.6. The van der Waals surface area contributed by atoms with Crippen LogP contribution >= 0.6 is 189 Å². The Bertz CT molecular complexity index is 6090. The number of hydrogen-bond donors (Lipinski definition) is 3. The topological polar surface area (TPSA) is 188 Å². The average molecular weight is 1990 g/mol. The number of benzene rings is 10. The molecule has 13 aromatic rings. The average Bonchev–Trinajstić information content (AvgIpc) is 1.63. The number of fused-ring (bicyclic) bond motifs is 5. The van der Waals surface area contributed by atoms with Gasteiger partial charge in [-0.1, -0.05) is 175 Å². The Kier molecular flexibility index (Phi) is 34.1. The highest BCUT2D eigenvalue weighted by molar-refractivity contribution is 9.10. The lowest BCUT2D eigenvalue weighted by atomic mass is 9.80. The summed E-state index contributed by atoms with van der Waals surface area (Å²) in [6.45, 7) is 26.3. The minimum absolute atomic E-state index is 0.0182. The summed E-state index contributed by atoms with van der Waals surface area (Å²) in [4.78, 5) is 38.5. The number of ketones is 2. The van der Waals surface area contributed by atoms with Crippen LogP contribution in [0.25, 0.3) is 75.2 Å². The Labute approximate surface area is 767 Å². The number of phenolic OH excluding ortho intramolecular Hbond substituents is 1. The van der Waals surface area contributed by atoms with Crippen molar-refractivity contribution >= 4 is 266 Å². The summed E-state index contributed by atoms with van der Waals surface area (Å²) in [5, 5.41) is 39.2. The zero-order chi connectivity index (χ0) is 87.7. The molecule has 15 rings (SSSR count). The second-order valence-electron chi connectivity index (χ2n) is 26.3. The van der Waals surface area contributed by atoms with Crippen molar-refractivity contribution in [1.29, 1.82) is 0 Å². The van der Waals surface area contributed by atoms with E-state index >= 15 is 0 Å². The molecule has 119 heavy (non-hydrogen) atoms. The number of hydrogen-bond acceptors (Lipinski definition) is 17. The number of aryl methyl sites for hydroxylation is 8. The monoisotopic (exact) mass is 1980 g/mol. The number of carbonyl (C=O) groups is 2. The number of aromatic nitrogens is 3. The number of halogens is 14. The highest BCUT2D eigenvalue weighted by Crippen LogP contribution is 2.56. The Morgan fingerprint density at radius 3 is 1.29 bits per heavy atom. The lowest BCUT2D eigenvalue weighted by Crippen LogP contribution is -2.33. The van der Waals surface area contributed by atoms with Crippen LogP contribution in [-0.2, 0) is 26.3 Å². The van der Waals surface area contributed by atoms with Crippen LogP contribution in [0.2, 0.25) is 50.2 Å². The van der Waals surface area contributed by atoms with Gasteiger partial charge in [-0.05, 0) is 242 Å². The second kappa shape index (κ2) is 42.0. The maximum absolute atomic E-state index is 11.6. The fourth-order valence-corrected chi connectivity index (χ4v) is 20.3. The van der Waals surface area contributed by atoms with E-state index in [1.807, 2.05) is 85.5 Å². The summed E-state index contributed by atoms with van der Waals surface area (Å²) in [5.74, 6) is 0.152. The minimum Gasteiger partial charge on any atom is -0.741 e. The third kappa shape index (κ3) is 23.7.